The van der Waals surface area contributed by atoms with Crippen LogP contribution >= 0.6 is 15.9 Å². The fourth-order valence-corrected chi connectivity index (χ4v) is 4.30. The summed E-state index contributed by atoms with van der Waals surface area (Å²) in [4.78, 5) is 26.6. The van der Waals surface area contributed by atoms with Crippen molar-refractivity contribution in [2.24, 2.45) is 0 Å². The lowest BCUT2D eigenvalue weighted by Gasteiger charge is -2.31. The molecule has 2 aromatic carbocycles. The SMILES string of the molecule is CNC(=O)C(C)N(Cc1ccc(F)cc1)C(=O)CN(c1ccccc1Br)S(C)(=O)=O. The van der Waals surface area contributed by atoms with Crippen LogP contribution < -0.4 is 9.62 Å². The van der Waals surface area contributed by atoms with Gasteiger partial charge in [0.15, 0.2) is 0 Å². The van der Waals surface area contributed by atoms with E-state index in [0.29, 0.717) is 15.7 Å². The third kappa shape index (κ3) is 6.02. The van der Waals surface area contributed by atoms with Crippen molar-refractivity contribution in [1.82, 2.24) is 10.2 Å². The van der Waals surface area contributed by atoms with E-state index in [1.807, 2.05) is 0 Å². The number of halogens is 2. The van der Waals surface area contributed by atoms with E-state index in [1.165, 1.54) is 36.2 Å². The van der Waals surface area contributed by atoms with Gasteiger partial charge in [-0.25, -0.2) is 12.8 Å². The van der Waals surface area contributed by atoms with E-state index in [0.717, 1.165) is 10.6 Å². The van der Waals surface area contributed by atoms with Gasteiger partial charge in [0.1, 0.15) is 18.4 Å². The van der Waals surface area contributed by atoms with Gasteiger partial charge in [-0.05, 0) is 52.7 Å². The van der Waals surface area contributed by atoms with E-state index in [4.69, 9.17) is 0 Å². The standard InChI is InChI=1S/C20H23BrFN3O4S/c1-14(20(27)23-2)24(12-15-8-10-16(22)11-9-15)19(26)13-25(30(3,28)29)18-7-5-4-6-17(18)21/h4-11,14H,12-13H2,1-3H3,(H,23,27). The maximum atomic E-state index is 13.2. The number of likely N-dealkylation sites (N-methyl/N-ethyl adjacent to an activating group) is 1. The van der Waals surface area contributed by atoms with Crippen molar-refractivity contribution < 1.29 is 22.4 Å². The molecule has 0 aliphatic heterocycles. The van der Waals surface area contributed by atoms with Crippen molar-refractivity contribution in [2.45, 2.75) is 19.5 Å². The van der Waals surface area contributed by atoms with Crippen molar-refractivity contribution in [1.29, 1.82) is 0 Å². The second-order valence-electron chi connectivity index (χ2n) is 6.66. The fourth-order valence-electron chi connectivity index (χ4n) is 2.83. The number of carbonyl (C=O) groups excluding carboxylic acids is 2. The number of hydrogen-bond donors (Lipinski definition) is 1. The number of sulfonamides is 1. The number of carbonyl (C=O) groups is 2. The molecule has 1 N–H and O–H groups in total. The summed E-state index contributed by atoms with van der Waals surface area (Å²) in [6, 6.07) is 11.3. The van der Waals surface area contributed by atoms with E-state index >= 15 is 0 Å². The van der Waals surface area contributed by atoms with E-state index in [-0.39, 0.29) is 6.54 Å². The number of para-hydroxylation sites is 1. The van der Waals surface area contributed by atoms with Crippen molar-refractivity contribution in [2.75, 3.05) is 24.2 Å². The first kappa shape index (κ1) is 23.8. The minimum atomic E-state index is -3.79. The van der Waals surface area contributed by atoms with Gasteiger partial charge < -0.3 is 10.2 Å². The van der Waals surface area contributed by atoms with E-state index < -0.39 is 40.2 Å². The van der Waals surface area contributed by atoms with Crippen molar-refractivity contribution in [3.05, 3.63) is 64.4 Å². The third-order valence-electron chi connectivity index (χ3n) is 4.48. The molecular formula is C20H23BrFN3O4S. The molecule has 2 rings (SSSR count). The first-order valence-corrected chi connectivity index (χ1v) is 11.7. The molecule has 7 nitrogen and oxygen atoms in total. The number of nitrogens with zero attached hydrogens (tertiary/aromatic N) is 2. The Labute approximate surface area is 184 Å². The Balaban J connectivity index is 2.38. The zero-order valence-corrected chi connectivity index (χ0v) is 19.2. The molecule has 0 spiro atoms. The van der Waals surface area contributed by atoms with Gasteiger partial charge in [0.05, 0.1) is 11.9 Å². The van der Waals surface area contributed by atoms with Gasteiger partial charge >= 0.3 is 0 Å². The number of amides is 2. The molecule has 0 aromatic heterocycles. The lowest BCUT2D eigenvalue weighted by atomic mass is 10.1. The van der Waals surface area contributed by atoms with Gasteiger partial charge in [0, 0.05) is 18.1 Å². The van der Waals surface area contributed by atoms with E-state index in [9.17, 15) is 22.4 Å². The molecule has 2 amide bonds. The van der Waals surface area contributed by atoms with Gasteiger partial charge in [-0.2, -0.15) is 0 Å². The average Bonchev–Trinajstić information content (AvgIpc) is 2.70. The molecule has 0 aliphatic rings. The van der Waals surface area contributed by atoms with Crippen LogP contribution in [0.5, 0.6) is 0 Å². The van der Waals surface area contributed by atoms with Crippen LogP contribution in [0.25, 0.3) is 0 Å². The summed E-state index contributed by atoms with van der Waals surface area (Å²) in [6.07, 6.45) is 1.01. The summed E-state index contributed by atoms with van der Waals surface area (Å²) in [7, 11) is -2.35. The summed E-state index contributed by atoms with van der Waals surface area (Å²) in [5, 5.41) is 2.49. The molecular weight excluding hydrogens is 477 g/mol. The molecule has 0 bridgehead atoms. The highest BCUT2D eigenvalue weighted by molar-refractivity contribution is 9.10. The molecule has 0 saturated heterocycles. The maximum absolute atomic E-state index is 13.2. The lowest BCUT2D eigenvalue weighted by molar-refractivity contribution is -0.139. The Hall–Kier alpha value is -2.46. The zero-order chi connectivity index (χ0) is 22.5. The van der Waals surface area contributed by atoms with Gasteiger partial charge in [-0.1, -0.05) is 24.3 Å². The van der Waals surface area contributed by atoms with E-state index in [1.54, 1.807) is 31.2 Å². The topological polar surface area (TPSA) is 86.8 Å². The normalized spacial score (nSPS) is 12.2. The summed E-state index contributed by atoms with van der Waals surface area (Å²) in [5.41, 5.74) is 0.912. The molecule has 1 unspecified atom stereocenters. The van der Waals surface area contributed by atoms with Gasteiger partial charge in [0.25, 0.3) is 0 Å². The molecule has 0 saturated carbocycles. The first-order valence-electron chi connectivity index (χ1n) is 9.02. The molecule has 10 heteroatoms. The molecule has 0 heterocycles. The second-order valence-corrected chi connectivity index (χ2v) is 9.42. The van der Waals surface area contributed by atoms with Crippen LogP contribution in [0.3, 0.4) is 0 Å². The van der Waals surface area contributed by atoms with Gasteiger partial charge in [-0.3, -0.25) is 13.9 Å². The Bertz CT molecular complexity index is 1010. The van der Waals surface area contributed by atoms with E-state index in [2.05, 4.69) is 21.2 Å². The maximum Gasteiger partial charge on any atom is 0.244 e. The van der Waals surface area contributed by atoms with Crippen LogP contribution in [-0.4, -0.2) is 51.0 Å². The molecule has 162 valence electrons. The Kier molecular flexibility index (Phi) is 7.96. The van der Waals surface area contributed by atoms with Crippen LogP contribution in [0, 0.1) is 5.82 Å². The van der Waals surface area contributed by atoms with Gasteiger partial charge in [0.2, 0.25) is 21.8 Å². The Morgan fingerprint density at radius 1 is 1.13 bits per heavy atom. The predicted molar refractivity (Wildman–Crippen MR) is 117 cm³/mol. The molecule has 30 heavy (non-hydrogen) atoms. The monoisotopic (exact) mass is 499 g/mol. The summed E-state index contributed by atoms with van der Waals surface area (Å²) in [5.74, 6) is -1.40. The molecule has 0 radical (unpaired) electrons. The van der Waals surface area contributed by atoms with Gasteiger partial charge in [-0.15, -0.1) is 0 Å². The first-order chi connectivity index (χ1) is 14.0. The predicted octanol–water partition coefficient (Wildman–Crippen LogP) is 2.52. The molecule has 0 fully saturated rings. The third-order valence-corrected chi connectivity index (χ3v) is 6.28. The smallest absolute Gasteiger partial charge is 0.244 e. The number of hydrogen-bond acceptors (Lipinski definition) is 4. The fraction of sp³-hybridized carbons (Fsp3) is 0.300. The Morgan fingerprint density at radius 2 is 1.73 bits per heavy atom. The van der Waals surface area contributed by atoms with Crippen LogP contribution in [0.4, 0.5) is 10.1 Å². The largest absolute Gasteiger partial charge is 0.357 e. The van der Waals surface area contributed by atoms with Crippen molar-refractivity contribution >= 4 is 43.5 Å². The van der Waals surface area contributed by atoms with Crippen LogP contribution in [0.15, 0.2) is 53.0 Å². The highest BCUT2D eigenvalue weighted by atomic mass is 79.9. The summed E-state index contributed by atoms with van der Waals surface area (Å²) < 4.78 is 39.5. The second kappa shape index (κ2) is 10.0. The molecule has 1 atom stereocenters. The van der Waals surface area contributed by atoms with Crippen molar-refractivity contribution in [3.63, 3.8) is 0 Å². The lowest BCUT2D eigenvalue weighted by Crippen LogP contribution is -2.50. The number of benzene rings is 2. The summed E-state index contributed by atoms with van der Waals surface area (Å²) in [6.45, 7) is 1.06. The quantitative estimate of drug-likeness (QED) is 0.604. The number of anilines is 1. The highest BCUT2D eigenvalue weighted by Crippen LogP contribution is 2.28. The zero-order valence-electron chi connectivity index (χ0n) is 16.8. The van der Waals surface area contributed by atoms with Crippen LogP contribution in [0.1, 0.15) is 12.5 Å². The van der Waals surface area contributed by atoms with Crippen LogP contribution in [0.2, 0.25) is 0 Å². The minimum absolute atomic E-state index is 0.0151. The van der Waals surface area contributed by atoms with Crippen LogP contribution in [-0.2, 0) is 26.2 Å². The van der Waals surface area contributed by atoms with Crippen molar-refractivity contribution in [3.8, 4) is 0 Å². The average molecular weight is 500 g/mol. The highest BCUT2D eigenvalue weighted by Gasteiger charge is 2.30. The minimum Gasteiger partial charge on any atom is -0.357 e. The number of nitrogens with one attached hydrogen (secondary N) is 1. The molecule has 0 aliphatic carbocycles. The number of rotatable bonds is 8. The summed E-state index contributed by atoms with van der Waals surface area (Å²) >= 11 is 3.31. The Morgan fingerprint density at radius 3 is 2.27 bits per heavy atom. The molecule has 2 aromatic rings.